The van der Waals surface area contributed by atoms with E-state index in [9.17, 15) is 0 Å². The zero-order valence-corrected chi connectivity index (χ0v) is 9.58. The molecule has 2 aromatic rings. The molecule has 18 heavy (non-hydrogen) atoms. The SMILES string of the molecule is C#CCn1nnnc1C1=Cc2ccccc2OC1. The Morgan fingerprint density at radius 2 is 2.28 bits per heavy atom. The Kier molecular flexibility index (Phi) is 2.54. The van der Waals surface area contributed by atoms with Gasteiger partial charge >= 0.3 is 0 Å². The van der Waals surface area contributed by atoms with Crippen LogP contribution in [0.4, 0.5) is 0 Å². The summed E-state index contributed by atoms with van der Waals surface area (Å²) in [5.41, 5.74) is 1.95. The van der Waals surface area contributed by atoms with E-state index < -0.39 is 0 Å². The van der Waals surface area contributed by atoms with Crippen molar-refractivity contribution >= 4 is 11.6 Å². The van der Waals surface area contributed by atoms with Gasteiger partial charge < -0.3 is 4.74 Å². The zero-order valence-electron chi connectivity index (χ0n) is 9.58. The third-order valence-corrected chi connectivity index (χ3v) is 2.69. The van der Waals surface area contributed by atoms with Crippen molar-refractivity contribution in [2.24, 2.45) is 0 Å². The molecule has 0 aliphatic carbocycles. The Morgan fingerprint density at radius 1 is 1.39 bits per heavy atom. The molecular formula is C13H10N4O. The van der Waals surface area contributed by atoms with Gasteiger partial charge in [0.1, 0.15) is 18.9 Å². The maximum atomic E-state index is 5.66. The average Bonchev–Trinajstić information content (AvgIpc) is 2.87. The standard InChI is InChI=1S/C13H10N4O/c1-2-7-17-13(14-15-16-17)11-8-10-5-3-4-6-12(10)18-9-11/h1,3-6,8H,7,9H2. The molecule has 0 atom stereocenters. The molecule has 0 saturated carbocycles. The molecule has 0 radical (unpaired) electrons. The second kappa shape index (κ2) is 4.34. The maximum absolute atomic E-state index is 5.66. The van der Waals surface area contributed by atoms with E-state index in [0.29, 0.717) is 19.0 Å². The predicted molar refractivity (Wildman–Crippen MR) is 66.5 cm³/mol. The summed E-state index contributed by atoms with van der Waals surface area (Å²) in [6, 6.07) is 7.84. The van der Waals surface area contributed by atoms with Crippen molar-refractivity contribution in [1.82, 2.24) is 20.2 Å². The molecular weight excluding hydrogens is 228 g/mol. The van der Waals surface area contributed by atoms with Gasteiger partial charge in [0.15, 0.2) is 5.82 Å². The monoisotopic (exact) mass is 238 g/mol. The van der Waals surface area contributed by atoms with Crippen LogP contribution >= 0.6 is 0 Å². The lowest BCUT2D eigenvalue weighted by molar-refractivity contribution is 0.364. The van der Waals surface area contributed by atoms with Crippen LogP contribution in [0.25, 0.3) is 11.6 Å². The van der Waals surface area contributed by atoms with Crippen LogP contribution in [0.5, 0.6) is 5.75 Å². The van der Waals surface area contributed by atoms with Crippen molar-refractivity contribution in [1.29, 1.82) is 0 Å². The highest BCUT2D eigenvalue weighted by Crippen LogP contribution is 2.28. The van der Waals surface area contributed by atoms with Crippen LogP contribution in [0.1, 0.15) is 11.4 Å². The number of hydrogen-bond donors (Lipinski definition) is 0. The number of rotatable bonds is 2. The van der Waals surface area contributed by atoms with E-state index >= 15 is 0 Å². The Balaban J connectivity index is 2.02. The van der Waals surface area contributed by atoms with E-state index in [1.807, 2.05) is 30.3 Å². The molecule has 0 unspecified atom stereocenters. The summed E-state index contributed by atoms with van der Waals surface area (Å²) in [6.07, 6.45) is 7.30. The third kappa shape index (κ3) is 1.74. The first-order valence-electron chi connectivity index (χ1n) is 5.51. The molecule has 0 saturated heterocycles. The minimum atomic E-state index is 0.349. The highest BCUT2D eigenvalue weighted by molar-refractivity contribution is 5.83. The largest absolute Gasteiger partial charge is 0.488 e. The molecule has 5 nitrogen and oxygen atoms in total. The van der Waals surface area contributed by atoms with Crippen LogP contribution in [0.2, 0.25) is 0 Å². The van der Waals surface area contributed by atoms with Gasteiger partial charge in [0.25, 0.3) is 0 Å². The molecule has 1 aromatic carbocycles. The summed E-state index contributed by atoms with van der Waals surface area (Å²) in [5, 5.41) is 11.5. The Labute approximate surface area is 104 Å². The lowest BCUT2D eigenvalue weighted by atomic mass is 10.1. The van der Waals surface area contributed by atoms with Crippen LogP contribution < -0.4 is 4.74 Å². The first kappa shape index (κ1) is 10.5. The number of aromatic nitrogens is 4. The molecule has 0 bridgehead atoms. The van der Waals surface area contributed by atoms with Crippen LogP contribution in [0, 0.1) is 12.3 Å². The normalized spacial score (nSPS) is 13.2. The number of fused-ring (bicyclic) bond motifs is 1. The summed E-state index contributed by atoms with van der Waals surface area (Å²) >= 11 is 0. The number of ether oxygens (including phenoxy) is 1. The molecule has 88 valence electrons. The molecule has 3 rings (SSSR count). The van der Waals surface area contributed by atoms with Crippen molar-refractivity contribution < 1.29 is 4.74 Å². The molecule has 2 heterocycles. The van der Waals surface area contributed by atoms with Crippen LogP contribution in [-0.4, -0.2) is 26.8 Å². The summed E-state index contributed by atoms with van der Waals surface area (Å²) in [4.78, 5) is 0. The van der Waals surface area contributed by atoms with Gasteiger partial charge in [-0.1, -0.05) is 24.1 Å². The molecule has 1 aromatic heterocycles. The number of nitrogens with zero attached hydrogens (tertiary/aromatic N) is 4. The summed E-state index contributed by atoms with van der Waals surface area (Å²) in [5.74, 6) is 4.05. The number of hydrogen-bond acceptors (Lipinski definition) is 4. The van der Waals surface area contributed by atoms with E-state index in [4.69, 9.17) is 11.2 Å². The first-order valence-corrected chi connectivity index (χ1v) is 5.51. The Bertz CT molecular complexity index is 651. The molecule has 0 spiro atoms. The number of tetrazole rings is 1. The fraction of sp³-hybridized carbons (Fsp3) is 0.154. The number of terminal acetylenes is 1. The van der Waals surface area contributed by atoms with Gasteiger partial charge in [0.2, 0.25) is 0 Å². The number of para-hydroxylation sites is 1. The smallest absolute Gasteiger partial charge is 0.182 e. The molecule has 5 heteroatoms. The zero-order chi connectivity index (χ0) is 12.4. The van der Waals surface area contributed by atoms with Gasteiger partial charge in [-0.25, -0.2) is 4.68 Å². The second-order valence-electron chi connectivity index (χ2n) is 3.86. The van der Waals surface area contributed by atoms with E-state index in [1.54, 1.807) is 4.68 Å². The summed E-state index contributed by atoms with van der Waals surface area (Å²) in [6.45, 7) is 0.795. The van der Waals surface area contributed by atoms with Crippen molar-refractivity contribution in [3.05, 3.63) is 35.7 Å². The minimum Gasteiger partial charge on any atom is -0.488 e. The van der Waals surface area contributed by atoms with Crippen LogP contribution in [0.3, 0.4) is 0 Å². The fourth-order valence-corrected chi connectivity index (χ4v) is 1.87. The van der Waals surface area contributed by atoms with E-state index in [1.165, 1.54) is 0 Å². The lowest BCUT2D eigenvalue weighted by Gasteiger charge is -2.16. The molecule has 0 fully saturated rings. The molecule has 1 aliphatic rings. The summed E-state index contributed by atoms with van der Waals surface area (Å²) in [7, 11) is 0. The topological polar surface area (TPSA) is 52.8 Å². The van der Waals surface area contributed by atoms with Gasteiger partial charge in [-0.3, -0.25) is 0 Å². The van der Waals surface area contributed by atoms with Gasteiger partial charge in [-0.15, -0.1) is 11.5 Å². The van der Waals surface area contributed by atoms with Crippen molar-refractivity contribution in [3.8, 4) is 18.1 Å². The lowest BCUT2D eigenvalue weighted by Crippen LogP contribution is -2.12. The average molecular weight is 238 g/mol. The van der Waals surface area contributed by atoms with Crippen molar-refractivity contribution in [3.63, 3.8) is 0 Å². The third-order valence-electron chi connectivity index (χ3n) is 2.69. The highest BCUT2D eigenvalue weighted by atomic mass is 16.5. The van der Waals surface area contributed by atoms with E-state index in [0.717, 1.165) is 16.9 Å². The Hall–Kier alpha value is -2.61. The predicted octanol–water partition coefficient (Wildman–Crippen LogP) is 1.24. The van der Waals surface area contributed by atoms with Crippen LogP contribution in [0.15, 0.2) is 24.3 Å². The summed E-state index contributed by atoms with van der Waals surface area (Å²) < 4.78 is 7.25. The van der Waals surface area contributed by atoms with Crippen molar-refractivity contribution in [2.45, 2.75) is 6.54 Å². The van der Waals surface area contributed by atoms with E-state index in [-0.39, 0.29) is 0 Å². The minimum absolute atomic E-state index is 0.349. The molecule has 0 N–H and O–H groups in total. The van der Waals surface area contributed by atoms with Gasteiger partial charge in [0, 0.05) is 11.1 Å². The van der Waals surface area contributed by atoms with Gasteiger partial charge in [-0.2, -0.15) is 0 Å². The van der Waals surface area contributed by atoms with Crippen molar-refractivity contribution in [2.75, 3.05) is 6.61 Å². The second-order valence-corrected chi connectivity index (χ2v) is 3.86. The van der Waals surface area contributed by atoms with Gasteiger partial charge in [0.05, 0.1) is 0 Å². The quantitative estimate of drug-likeness (QED) is 0.739. The molecule has 0 amide bonds. The van der Waals surface area contributed by atoms with E-state index in [2.05, 4.69) is 21.4 Å². The fourth-order valence-electron chi connectivity index (χ4n) is 1.87. The Morgan fingerprint density at radius 3 is 3.17 bits per heavy atom. The van der Waals surface area contributed by atoms with Gasteiger partial charge in [-0.05, 0) is 22.6 Å². The maximum Gasteiger partial charge on any atom is 0.182 e. The van der Waals surface area contributed by atoms with Crippen LogP contribution in [-0.2, 0) is 6.54 Å². The first-order chi connectivity index (χ1) is 8.88. The number of benzene rings is 1. The highest BCUT2D eigenvalue weighted by Gasteiger charge is 2.17. The molecule has 1 aliphatic heterocycles.